The van der Waals surface area contributed by atoms with Crippen LogP contribution >= 0.6 is 0 Å². The van der Waals surface area contributed by atoms with E-state index in [9.17, 15) is 4.79 Å². The lowest BCUT2D eigenvalue weighted by Crippen LogP contribution is -2.44. The van der Waals surface area contributed by atoms with Gasteiger partial charge >= 0.3 is 0 Å². The highest BCUT2D eigenvalue weighted by Crippen LogP contribution is 2.37. The second kappa shape index (κ2) is 5.36. The van der Waals surface area contributed by atoms with Crippen LogP contribution in [0.25, 0.3) is 0 Å². The molecule has 0 saturated carbocycles. The van der Waals surface area contributed by atoms with Crippen molar-refractivity contribution in [2.75, 3.05) is 14.2 Å². The molecule has 0 bridgehead atoms. The Kier molecular flexibility index (Phi) is 3.30. The van der Waals surface area contributed by atoms with Crippen molar-refractivity contribution in [2.45, 2.75) is 19.0 Å². The van der Waals surface area contributed by atoms with Gasteiger partial charge < -0.3 is 18.9 Å². The van der Waals surface area contributed by atoms with Crippen molar-refractivity contribution < 1.29 is 14.3 Å². The first-order chi connectivity index (χ1) is 11.6. The third-order valence-corrected chi connectivity index (χ3v) is 4.65. The van der Waals surface area contributed by atoms with Crippen molar-refractivity contribution in [3.8, 4) is 11.5 Å². The molecule has 0 spiro atoms. The molecule has 0 saturated heterocycles. The summed E-state index contributed by atoms with van der Waals surface area (Å²) in [6.45, 7) is 0.486. The van der Waals surface area contributed by atoms with Gasteiger partial charge in [-0.2, -0.15) is 0 Å². The lowest BCUT2D eigenvalue weighted by Gasteiger charge is -2.32. The van der Waals surface area contributed by atoms with Gasteiger partial charge in [0.25, 0.3) is 5.91 Å². The Bertz CT molecular complexity index is 856. The fourth-order valence-electron chi connectivity index (χ4n) is 3.31. The minimum atomic E-state index is -0.0789. The first-order valence-corrected chi connectivity index (χ1v) is 7.72. The monoisotopic (exact) mass is 326 g/mol. The summed E-state index contributed by atoms with van der Waals surface area (Å²) in [6, 6.07) is 3.36. The van der Waals surface area contributed by atoms with E-state index in [0.717, 1.165) is 11.4 Å². The molecule has 1 aromatic heterocycles. The minimum Gasteiger partial charge on any atom is -0.493 e. The predicted molar refractivity (Wildman–Crippen MR) is 88.3 cm³/mol. The molecule has 2 aromatic rings. The van der Waals surface area contributed by atoms with Gasteiger partial charge in [-0.15, -0.1) is 0 Å². The summed E-state index contributed by atoms with van der Waals surface area (Å²) in [6.07, 6.45) is 4.34. The Morgan fingerprint density at radius 1 is 1.21 bits per heavy atom. The summed E-state index contributed by atoms with van der Waals surface area (Å²) in [5, 5.41) is 0. The summed E-state index contributed by atoms with van der Waals surface area (Å²) in [4.78, 5) is 23.8. The zero-order chi connectivity index (χ0) is 16.8. The number of methoxy groups -OCH3 is 2. The highest BCUT2D eigenvalue weighted by atomic mass is 16.5. The van der Waals surface area contributed by atoms with Crippen LogP contribution in [0.3, 0.4) is 0 Å². The average Bonchev–Trinajstić information content (AvgIpc) is 2.91. The maximum Gasteiger partial charge on any atom is 0.257 e. The number of benzene rings is 1. The van der Waals surface area contributed by atoms with E-state index in [4.69, 9.17) is 9.47 Å². The van der Waals surface area contributed by atoms with Crippen molar-refractivity contribution in [2.24, 2.45) is 12.0 Å². The van der Waals surface area contributed by atoms with Crippen LogP contribution in [0, 0.1) is 0 Å². The van der Waals surface area contributed by atoms with Gasteiger partial charge in [0, 0.05) is 31.4 Å². The van der Waals surface area contributed by atoms with E-state index in [1.165, 1.54) is 0 Å². The fraction of sp³-hybridized carbons (Fsp3) is 0.353. The molecular weight excluding hydrogens is 308 g/mol. The van der Waals surface area contributed by atoms with Gasteiger partial charge in [-0.25, -0.2) is 4.98 Å². The van der Waals surface area contributed by atoms with Gasteiger partial charge in [0.05, 0.1) is 50.1 Å². The highest BCUT2D eigenvalue weighted by Gasteiger charge is 2.34. The molecule has 4 rings (SSSR count). The maximum atomic E-state index is 13.1. The van der Waals surface area contributed by atoms with Crippen LogP contribution in [0.2, 0.25) is 0 Å². The number of aromatic nitrogens is 2. The maximum absolute atomic E-state index is 13.1. The van der Waals surface area contributed by atoms with Crippen molar-refractivity contribution in [1.82, 2.24) is 14.5 Å². The molecule has 1 aromatic carbocycles. The van der Waals surface area contributed by atoms with Crippen molar-refractivity contribution >= 4 is 17.8 Å². The second-order valence-corrected chi connectivity index (χ2v) is 5.96. The van der Waals surface area contributed by atoms with Gasteiger partial charge in [0.15, 0.2) is 11.5 Å². The molecule has 124 valence electrons. The van der Waals surface area contributed by atoms with Crippen molar-refractivity contribution in [3.05, 3.63) is 35.4 Å². The molecule has 2 aliphatic rings. The zero-order valence-corrected chi connectivity index (χ0v) is 13.8. The number of fused-ring (bicyclic) bond motifs is 3. The smallest absolute Gasteiger partial charge is 0.257 e. The van der Waals surface area contributed by atoms with Gasteiger partial charge in [-0.3, -0.25) is 9.79 Å². The Labute approximate surface area is 139 Å². The number of rotatable bonds is 2. The van der Waals surface area contributed by atoms with Crippen molar-refractivity contribution in [3.63, 3.8) is 0 Å². The Balaban J connectivity index is 1.80. The fourth-order valence-corrected chi connectivity index (χ4v) is 3.31. The van der Waals surface area contributed by atoms with Crippen LogP contribution in [0.5, 0.6) is 11.5 Å². The molecule has 0 fully saturated rings. The van der Waals surface area contributed by atoms with Gasteiger partial charge in [0.1, 0.15) is 0 Å². The standard InChI is InChI=1S/C17H18N4O3/c1-20-9-19-13-8-21-10(4-14(13)20)7-18-12-6-16(24-3)15(23-2)5-11(12)17(21)22/h5-7,9-10H,4,8H2,1-3H3/t10-/m0/s1. The quantitative estimate of drug-likeness (QED) is 0.843. The molecule has 2 aliphatic heterocycles. The lowest BCUT2D eigenvalue weighted by molar-refractivity contribution is 0.0699. The molecule has 0 unspecified atom stereocenters. The van der Waals surface area contributed by atoms with E-state index < -0.39 is 0 Å². The SMILES string of the molecule is COc1cc2c(cc1OC)C(=O)N1Cc3ncn(C)c3C[C@H]1C=N2. The summed E-state index contributed by atoms with van der Waals surface area (Å²) in [5.74, 6) is 1.02. The van der Waals surface area contributed by atoms with Crippen LogP contribution in [0.4, 0.5) is 5.69 Å². The molecule has 24 heavy (non-hydrogen) atoms. The first kappa shape index (κ1) is 14.7. The number of aryl methyl sites for hydroxylation is 1. The molecule has 1 amide bonds. The molecule has 0 radical (unpaired) electrons. The van der Waals surface area contributed by atoms with E-state index in [-0.39, 0.29) is 11.9 Å². The number of hydrogen-bond donors (Lipinski definition) is 0. The molecule has 7 heteroatoms. The summed E-state index contributed by atoms with van der Waals surface area (Å²) >= 11 is 0. The molecule has 1 atom stereocenters. The van der Waals surface area contributed by atoms with E-state index >= 15 is 0 Å². The number of nitrogens with zero attached hydrogens (tertiary/aromatic N) is 4. The normalized spacial score (nSPS) is 18.5. The first-order valence-electron chi connectivity index (χ1n) is 7.72. The molecule has 3 heterocycles. The molecule has 0 aliphatic carbocycles. The van der Waals surface area contributed by atoms with Gasteiger partial charge in [0.2, 0.25) is 0 Å². The van der Waals surface area contributed by atoms with Gasteiger partial charge in [-0.05, 0) is 6.07 Å². The van der Waals surface area contributed by atoms with Crippen LogP contribution in [0.15, 0.2) is 23.5 Å². The van der Waals surface area contributed by atoms with Crippen molar-refractivity contribution in [1.29, 1.82) is 0 Å². The number of hydrogen-bond acceptors (Lipinski definition) is 5. The Morgan fingerprint density at radius 2 is 1.96 bits per heavy atom. The topological polar surface area (TPSA) is 69.0 Å². The second-order valence-electron chi connectivity index (χ2n) is 5.96. The molecule has 7 nitrogen and oxygen atoms in total. The largest absolute Gasteiger partial charge is 0.493 e. The Morgan fingerprint density at radius 3 is 2.71 bits per heavy atom. The summed E-state index contributed by atoms with van der Waals surface area (Å²) in [5.41, 5.74) is 3.21. The number of aliphatic imine (C=N–C) groups is 1. The van der Waals surface area contributed by atoms with E-state index in [1.807, 2.05) is 22.7 Å². The van der Waals surface area contributed by atoms with Crippen LogP contribution in [-0.4, -0.2) is 46.8 Å². The summed E-state index contributed by atoms with van der Waals surface area (Å²) in [7, 11) is 5.10. The molecule has 0 N–H and O–H groups in total. The number of ether oxygens (including phenoxy) is 2. The van der Waals surface area contributed by atoms with Gasteiger partial charge in [-0.1, -0.05) is 0 Å². The predicted octanol–water partition coefficient (Wildman–Crippen LogP) is 1.72. The average molecular weight is 326 g/mol. The minimum absolute atomic E-state index is 0.0650. The van der Waals surface area contributed by atoms with Crippen LogP contribution in [0.1, 0.15) is 21.7 Å². The number of carbonyl (C=O) groups excluding carboxylic acids is 1. The molecular formula is C17H18N4O3. The third-order valence-electron chi connectivity index (χ3n) is 4.65. The summed E-state index contributed by atoms with van der Waals surface area (Å²) < 4.78 is 12.6. The number of imidazole rings is 1. The van der Waals surface area contributed by atoms with E-state index in [1.54, 1.807) is 32.7 Å². The van der Waals surface area contributed by atoms with Crippen LogP contribution < -0.4 is 9.47 Å². The Hall–Kier alpha value is -2.83. The third kappa shape index (κ3) is 2.08. The number of carbonyl (C=O) groups is 1. The van der Waals surface area contributed by atoms with E-state index in [2.05, 4.69) is 9.98 Å². The zero-order valence-electron chi connectivity index (χ0n) is 13.8. The number of amides is 1. The lowest BCUT2D eigenvalue weighted by atomic mass is 10.0. The highest BCUT2D eigenvalue weighted by molar-refractivity contribution is 6.03. The van der Waals surface area contributed by atoms with Crippen LogP contribution in [-0.2, 0) is 20.0 Å². The van der Waals surface area contributed by atoms with E-state index in [0.29, 0.717) is 35.7 Å².